The van der Waals surface area contributed by atoms with Crippen LogP contribution in [0.1, 0.15) is 17.3 Å². The van der Waals surface area contributed by atoms with E-state index in [1.807, 2.05) is 18.2 Å². The highest BCUT2D eigenvalue weighted by atomic mass is 16.5. The van der Waals surface area contributed by atoms with Gasteiger partial charge in [0, 0.05) is 22.7 Å². The van der Waals surface area contributed by atoms with Crippen LogP contribution in [0.2, 0.25) is 0 Å². The maximum Gasteiger partial charge on any atom is 0.252 e. The van der Waals surface area contributed by atoms with E-state index in [4.69, 9.17) is 4.74 Å². The summed E-state index contributed by atoms with van der Waals surface area (Å²) in [6.07, 6.45) is 1.78. The van der Waals surface area contributed by atoms with Gasteiger partial charge in [0.2, 0.25) is 5.91 Å². The van der Waals surface area contributed by atoms with Crippen molar-refractivity contribution in [1.29, 1.82) is 0 Å². The minimum Gasteiger partial charge on any atom is -0.495 e. The van der Waals surface area contributed by atoms with Crippen LogP contribution in [0.15, 0.2) is 54.7 Å². The van der Waals surface area contributed by atoms with E-state index in [2.05, 4.69) is 15.6 Å². The van der Waals surface area contributed by atoms with Crippen molar-refractivity contribution in [3.63, 3.8) is 0 Å². The van der Waals surface area contributed by atoms with Crippen LogP contribution in [0.25, 0.3) is 10.9 Å². The molecule has 0 radical (unpaired) electrons. The van der Waals surface area contributed by atoms with Crippen LogP contribution in [-0.4, -0.2) is 29.9 Å². The molecule has 0 aliphatic rings. The minimum atomic E-state index is -0.702. The summed E-state index contributed by atoms with van der Waals surface area (Å²) >= 11 is 0. The molecule has 6 nitrogen and oxygen atoms in total. The van der Waals surface area contributed by atoms with Crippen LogP contribution in [0.5, 0.6) is 5.75 Å². The van der Waals surface area contributed by atoms with E-state index in [1.165, 1.54) is 7.11 Å². The number of carbonyl (C=O) groups is 2. The van der Waals surface area contributed by atoms with Crippen LogP contribution in [0, 0.1) is 0 Å². The molecule has 0 fully saturated rings. The number of hydrogen-bond donors (Lipinski definition) is 3. The van der Waals surface area contributed by atoms with E-state index in [-0.39, 0.29) is 11.8 Å². The molecule has 128 valence electrons. The number of nitrogens with one attached hydrogen (secondary N) is 3. The Bertz CT molecular complexity index is 917. The largest absolute Gasteiger partial charge is 0.495 e. The summed E-state index contributed by atoms with van der Waals surface area (Å²) in [7, 11) is 1.54. The molecule has 6 heteroatoms. The number of amides is 2. The summed E-state index contributed by atoms with van der Waals surface area (Å²) < 4.78 is 5.21. The zero-order valence-corrected chi connectivity index (χ0v) is 14.0. The van der Waals surface area contributed by atoms with Gasteiger partial charge < -0.3 is 20.4 Å². The number of aromatic nitrogens is 1. The van der Waals surface area contributed by atoms with Gasteiger partial charge in [-0.05, 0) is 37.3 Å². The Labute approximate surface area is 145 Å². The first-order valence-corrected chi connectivity index (χ1v) is 7.91. The third-order valence-electron chi connectivity index (χ3n) is 3.95. The second-order valence-electron chi connectivity index (χ2n) is 5.63. The fourth-order valence-corrected chi connectivity index (χ4v) is 2.61. The number of hydrogen-bond acceptors (Lipinski definition) is 3. The average molecular weight is 337 g/mol. The van der Waals surface area contributed by atoms with Crippen molar-refractivity contribution in [1.82, 2.24) is 10.3 Å². The van der Waals surface area contributed by atoms with Gasteiger partial charge in [0.05, 0.1) is 12.8 Å². The van der Waals surface area contributed by atoms with Gasteiger partial charge >= 0.3 is 0 Å². The van der Waals surface area contributed by atoms with Crippen molar-refractivity contribution in [2.75, 3.05) is 12.4 Å². The lowest BCUT2D eigenvalue weighted by atomic mass is 10.1. The van der Waals surface area contributed by atoms with E-state index in [0.29, 0.717) is 17.0 Å². The third kappa shape index (κ3) is 3.47. The molecule has 2 amide bonds. The van der Waals surface area contributed by atoms with Crippen LogP contribution < -0.4 is 15.4 Å². The molecular formula is C19H19N3O3. The van der Waals surface area contributed by atoms with Crippen molar-refractivity contribution in [3.8, 4) is 5.75 Å². The summed E-state index contributed by atoms with van der Waals surface area (Å²) in [6.45, 7) is 1.64. The zero-order chi connectivity index (χ0) is 17.8. The Kier molecular flexibility index (Phi) is 4.70. The summed E-state index contributed by atoms with van der Waals surface area (Å²) in [6, 6.07) is 13.7. The minimum absolute atomic E-state index is 0.298. The predicted molar refractivity (Wildman–Crippen MR) is 96.9 cm³/mol. The standard InChI is InChI=1S/C19H19N3O3/c1-12(18(23)22-16-7-3-4-9-17(16)25-2)21-19(24)14-6-5-8-15-13(14)10-11-20-15/h3-12,20H,1-2H3,(H,21,24)(H,22,23). The van der Waals surface area contributed by atoms with Crippen molar-refractivity contribution in [2.45, 2.75) is 13.0 Å². The summed E-state index contributed by atoms with van der Waals surface area (Å²) in [4.78, 5) is 28.0. The second kappa shape index (κ2) is 7.09. The van der Waals surface area contributed by atoms with Crippen molar-refractivity contribution in [2.24, 2.45) is 0 Å². The number of rotatable bonds is 5. The highest BCUT2D eigenvalue weighted by molar-refractivity contribution is 6.08. The Hall–Kier alpha value is -3.28. The summed E-state index contributed by atoms with van der Waals surface area (Å²) in [5.74, 6) is -0.0570. The first-order valence-electron chi connectivity index (χ1n) is 7.91. The van der Waals surface area contributed by atoms with E-state index in [0.717, 1.165) is 10.9 Å². The maximum atomic E-state index is 12.5. The van der Waals surface area contributed by atoms with Crippen molar-refractivity contribution in [3.05, 3.63) is 60.3 Å². The highest BCUT2D eigenvalue weighted by Crippen LogP contribution is 2.23. The van der Waals surface area contributed by atoms with E-state index < -0.39 is 6.04 Å². The molecule has 25 heavy (non-hydrogen) atoms. The summed E-state index contributed by atoms with van der Waals surface area (Å²) in [5.41, 5.74) is 1.96. The number of ether oxygens (including phenoxy) is 1. The van der Waals surface area contributed by atoms with Gasteiger partial charge in [-0.25, -0.2) is 0 Å². The Morgan fingerprint density at radius 2 is 1.88 bits per heavy atom. The highest BCUT2D eigenvalue weighted by Gasteiger charge is 2.19. The fraction of sp³-hybridized carbons (Fsp3) is 0.158. The molecule has 0 saturated carbocycles. The number of carbonyl (C=O) groups excluding carboxylic acids is 2. The Balaban J connectivity index is 1.71. The van der Waals surface area contributed by atoms with Gasteiger partial charge in [-0.15, -0.1) is 0 Å². The van der Waals surface area contributed by atoms with Gasteiger partial charge in [0.15, 0.2) is 0 Å². The number of fused-ring (bicyclic) bond motifs is 1. The Morgan fingerprint density at radius 1 is 1.08 bits per heavy atom. The van der Waals surface area contributed by atoms with Crippen LogP contribution in [0.4, 0.5) is 5.69 Å². The molecule has 0 bridgehead atoms. The van der Waals surface area contributed by atoms with E-state index in [1.54, 1.807) is 43.5 Å². The first-order chi connectivity index (χ1) is 12.1. The lowest BCUT2D eigenvalue weighted by molar-refractivity contribution is -0.117. The number of benzene rings is 2. The molecule has 0 aliphatic carbocycles. The van der Waals surface area contributed by atoms with Crippen LogP contribution in [0.3, 0.4) is 0 Å². The Morgan fingerprint density at radius 3 is 2.68 bits per heavy atom. The van der Waals surface area contributed by atoms with Crippen LogP contribution >= 0.6 is 0 Å². The van der Waals surface area contributed by atoms with Gasteiger partial charge in [-0.2, -0.15) is 0 Å². The van der Waals surface area contributed by atoms with Crippen molar-refractivity contribution < 1.29 is 14.3 Å². The number of methoxy groups -OCH3 is 1. The number of para-hydroxylation sites is 2. The lowest BCUT2D eigenvalue weighted by Crippen LogP contribution is -2.41. The molecule has 1 heterocycles. The first kappa shape index (κ1) is 16.6. The summed E-state index contributed by atoms with van der Waals surface area (Å²) in [5, 5.41) is 6.31. The second-order valence-corrected chi connectivity index (χ2v) is 5.63. The topological polar surface area (TPSA) is 83.2 Å². The zero-order valence-electron chi connectivity index (χ0n) is 14.0. The van der Waals surface area contributed by atoms with E-state index >= 15 is 0 Å². The fourth-order valence-electron chi connectivity index (χ4n) is 2.61. The predicted octanol–water partition coefficient (Wildman–Crippen LogP) is 2.93. The van der Waals surface area contributed by atoms with E-state index in [9.17, 15) is 9.59 Å². The average Bonchev–Trinajstić information content (AvgIpc) is 3.10. The smallest absolute Gasteiger partial charge is 0.252 e. The SMILES string of the molecule is COc1ccccc1NC(=O)C(C)NC(=O)c1cccc2[nH]ccc12. The number of H-pyrrole nitrogens is 1. The molecule has 3 N–H and O–H groups in total. The van der Waals surface area contributed by atoms with Gasteiger partial charge in [0.1, 0.15) is 11.8 Å². The molecule has 1 unspecified atom stereocenters. The lowest BCUT2D eigenvalue weighted by Gasteiger charge is -2.16. The molecule has 3 rings (SSSR count). The molecule has 2 aromatic carbocycles. The van der Waals surface area contributed by atoms with Gasteiger partial charge in [0.25, 0.3) is 5.91 Å². The van der Waals surface area contributed by atoms with Gasteiger partial charge in [-0.1, -0.05) is 18.2 Å². The van der Waals surface area contributed by atoms with Gasteiger partial charge in [-0.3, -0.25) is 9.59 Å². The normalized spacial score (nSPS) is 11.8. The monoisotopic (exact) mass is 337 g/mol. The quantitative estimate of drug-likeness (QED) is 0.669. The molecule has 1 atom stereocenters. The number of anilines is 1. The molecule has 0 saturated heterocycles. The third-order valence-corrected chi connectivity index (χ3v) is 3.95. The molecule has 1 aromatic heterocycles. The maximum absolute atomic E-state index is 12.5. The van der Waals surface area contributed by atoms with Crippen molar-refractivity contribution >= 4 is 28.4 Å². The molecule has 0 spiro atoms. The molecular weight excluding hydrogens is 318 g/mol. The number of aromatic amines is 1. The molecule has 3 aromatic rings. The van der Waals surface area contributed by atoms with Crippen LogP contribution in [-0.2, 0) is 4.79 Å². The molecule has 0 aliphatic heterocycles.